The number of hydrogen-bond donors (Lipinski definition) is 2. The summed E-state index contributed by atoms with van der Waals surface area (Å²) < 4.78 is 0. The van der Waals surface area contributed by atoms with Crippen LogP contribution in [0, 0.1) is 0 Å². The van der Waals surface area contributed by atoms with Crippen LogP contribution in [-0.4, -0.2) is 16.0 Å². The molecule has 1 heterocycles. The molecule has 16 heavy (non-hydrogen) atoms. The van der Waals surface area contributed by atoms with Crippen LogP contribution in [0.3, 0.4) is 0 Å². The molecule has 1 fully saturated rings. The van der Waals surface area contributed by atoms with E-state index in [4.69, 9.17) is 5.73 Å². The van der Waals surface area contributed by atoms with Gasteiger partial charge in [-0.1, -0.05) is 19.3 Å². The average Bonchev–Trinajstić information content (AvgIpc) is 2.76. The lowest BCUT2D eigenvalue weighted by molar-refractivity contribution is 0.437. The van der Waals surface area contributed by atoms with Crippen molar-refractivity contribution in [3.63, 3.8) is 0 Å². The third-order valence-corrected chi connectivity index (χ3v) is 3.53. The Kier molecular flexibility index (Phi) is 3.99. The number of nitrogens with one attached hydrogen (secondary N) is 1. The van der Waals surface area contributed by atoms with E-state index >= 15 is 0 Å². The van der Waals surface area contributed by atoms with E-state index in [9.17, 15) is 0 Å². The van der Waals surface area contributed by atoms with Gasteiger partial charge in [0.2, 0.25) is 0 Å². The predicted molar refractivity (Wildman–Crippen MR) is 66.4 cm³/mol. The monoisotopic (exact) mass is 221 g/mol. The summed E-state index contributed by atoms with van der Waals surface area (Å²) in [4.78, 5) is 7.92. The molecule has 1 atom stereocenters. The van der Waals surface area contributed by atoms with Crippen molar-refractivity contribution in [2.45, 2.75) is 63.8 Å². The Balaban J connectivity index is 1.90. The zero-order valence-corrected chi connectivity index (χ0v) is 10.2. The number of nitrogens with zero attached hydrogens (tertiary/aromatic N) is 1. The highest BCUT2D eigenvalue weighted by Crippen LogP contribution is 2.31. The summed E-state index contributed by atoms with van der Waals surface area (Å²) >= 11 is 0. The van der Waals surface area contributed by atoms with Crippen molar-refractivity contribution < 1.29 is 0 Å². The highest BCUT2D eigenvalue weighted by Gasteiger charge is 2.17. The van der Waals surface area contributed by atoms with Crippen LogP contribution in [0.15, 0.2) is 6.20 Å². The van der Waals surface area contributed by atoms with Crippen LogP contribution in [0.5, 0.6) is 0 Å². The van der Waals surface area contributed by atoms with Crippen molar-refractivity contribution in [1.82, 2.24) is 9.97 Å². The van der Waals surface area contributed by atoms with Crippen LogP contribution in [0.1, 0.15) is 62.9 Å². The fourth-order valence-electron chi connectivity index (χ4n) is 2.49. The van der Waals surface area contributed by atoms with Crippen LogP contribution in [-0.2, 0) is 6.42 Å². The molecule has 3 nitrogen and oxygen atoms in total. The maximum Gasteiger partial charge on any atom is 0.106 e. The lowest BCUT2D eigenvalue weighted by Crippen LogP contribution is -2.15. The van der Waals surface area contributed by atoms with Crippen molar-refractivity contribution in [1.29, 1.82) is 0 Å². The summed E-state index contributed by atoms with van der Waals surface area (Å²) in [5.74, 6) is 1.84. The number of rotatable bonds is 4. The second kappa shape index (κ2) is 5.48. The first-order valence-electron chi connectivity index (χ1n) is 6.55. The van der Waals surface area contributed by atoms with Gasteiger partial charge in [-0.05, 0) is 26.2 Å². The van der Waals surface area contributed by atoms with E-state index in [0.717, 1.165) is 24.6 Å². The molecule has 90 valence electrons. The van der Waals surface area contributed by atoms with E-state index in [0.29, 0.717) is 0 Å². The third kappa shape index (κ3) is 3.08. The van der Waals surface area contributed by atoms with Gasteiger partial charge in [0.25, 0.3) is 0 Å². The Labute approximate surface area is 97.8 Å². The third-order valence-electron chi connectivity index (χ3n) is 3.53. The molecule has 1 aromatic heterocycles. The minimum absolute atomic E-state index is 0.267. The fourth-order valence-corrected chi connectivity index (χ4v) is 2.49. The lowest BCUT2D eigenvalue weighted by atomic mass is 9.87. The number of aromatic nitrogens is 2. The van der Waals surface area contributed by atoms with Crippen molar-refractivity contribution in [3.05, 3.63) is 17.7 Å². The molecule has 3 N–H and O–H groups in total. The molecule has 1 aliphatic carbocycles. The first kappa shape index (κ1) is 11.6. The first-order chi connectivity index (χ1) is 7.75. The molecule has 1 aromatic rings. The van der Waals surface area contributed by atoms with Gasteiger partial charge in [0.1, 0.15) is 5.82 Å². The smallest absolute Gasteiger partial charge is 0.106 e. The van der Waals surface area contributed by atoms with Gasteiger partial charge in [0.15, 0.2) is 0 Å². The van der Waals surface area contributed by atoms with Gasteiger partial charge in [0, 0.05) is 30.3 Å². The molecule has 0 spiro atoms. The molecular formula is C13H23N3. The highest BCUT2D eigenvalue weighted by molar-refractivity contribution is 5.08. The molecule has 0 radical (unpaired) electrons. The molecular weight excluding hydrogens is 198 g/mol. The van der Waals surface area contributed by atoms with Gasteiger partial charge in [0.05, 0.1) is 0 Å². The molecule has 0 aromatic carbocycles. The number of imidazole rings is 1. The summed E-state index contributed by atoms with van der Waals surface area (Å²) in [6, 6.07) is 0.267. The number of nitrogens with two attached hydrogens (primary N) is 1. The van der Waals surface area contributed by atoms with Crippen molar-refractivity contribution in [2.75, 3.05) is 0 Å². The van der Waals surface area contributed by atoms with Gasteiger partial charge in [-0.15, -0.1) is 0 Å². The molecule has 2 rings (SSSR count). The number of aryl methyl sites for hydroxylation is 1. The second-order valence-corrected chi connectivity index (χ2v) is 5.14. The molecule has 1 saturated carbocycles. The number of hydrogen-bond acceptors (Lipinski definition) is 2. The maximum atomic E-state index is 5.75. The number of aromatic amines is 1. The molecule has 0 aliphatic heterocycles. The van der Waals surface area contributed by atoms with Crippen LogP contribution in [0.2, 0.25) is 0 Å². The summed E-state index contributed by atoms with van der Waals surface area (Å²) in [6.45, 7) is 2.05. The normalized spacial score (nSPS) is 19.9. The summed E-state index contributed by atoms with van der Waals surface area (Å²) in [6.07, 6.45) is 10.8. The Morgan fingerprint density at radius 1 is 1.44 bits per heavy atom. The first-order valence-corrected chi connectivity index (χ1v) is 6.55. The summed E-state index contributed by atoms with van der Waals surface area (Å²) in [7, 11) is 0. The van der Waals surface area contributed by atoms with Crippen LogP contribution in [0.4, 0.5) is 0 Å². The van der Waals surface area contributed by atoms with Gasteiger partial charge in [-0.2, -0.15) is 0 Å². The predicted octanol–water partition coefficient (Wildman–Crippen LogP) is 2.74. The maximum absolute atomic E-state index is 5.75. The van der Waals surface area contributed by atoms with Gasteiger partial charge < -0.3 is 10.7 Å². The Hall–Kier alpha value is -0.830. The largest absolute Gasteiger partial charge is 0.346 e. The number of H-pyrrole nitrogens is 1. The van der Waals surface area contributed by atoms with Crippen LogP contribution >= 0.6 is 0 Å². The quantitative estimate of drug-likeness (QED) is 0.821. The van der Waals surface area contributed by atoms with E-state index in [2.05, 4.69) is 9.97 Å². The molecule has 0 bridgehead atoms. The highest BCUT2D eigenvalue weighted by atomic mass is 14.9. The second-order valence-electron chi connectivity index (χ2n) is 5.14. The van der Waals surface area contributed by atoms with Gasteiger partial charge >= 0.3 is 0 Å². The van der Waals surface area contributed by atoms with Gasteiger partial charge in [-0.3, -0.25) is 0 Å². The molecule has 0 amide bonds. The minimum Gasteiger partial charge on any atom is -0.346 e. The Morgan fingerprint density at radius 3 is 2.88 bits per heavy atom. The van der Waals surface area contributed by atoms with E-state index in [1.165, 1.54) is 37.8 Å². The summed E-state index contributed by atoms with van der Waals surface area (Å²) in [5, 5.41) is 0. The lowest BCUT2D eigenvalue weighted by Gasteiger charge is -2.19. The van der Waals surface area contributed by atoms with E-state index in [-0.39, 0.29) is 6.04 Å². The van der Waals surface area contributed by atoms with Crippen LogP contribution < -0.4 is 5.73 Å². The molecule has 3 heteroatoms. The van der Waals surface area contributed by atoms with E-state index in [1.54, 1.807) is 0 Å². The zero-order valence-electron chi connectivity index (χ0n) is 10.2. The topological polar surface area (TPSA) is 54.7 Å². The SMILES string of the molecule is CC(N)CCc1ncc(C2CCCCC2)[nH]1. The fraction of sp³-hybridized carbons (Fsp3) is 0.769. The van der Waals surface area contributed by atoms with Gasteiger partial charge in [-0.25, -0.2) is 4.98 Å². The zero-order chi connectivity index (χ0) is 11.4. The summed E-state index contributed by atoms with van der Waals surface area (Å²) in [5.41, 5.74) is 7.09. The van der Waals surface area contributed by atoms with Crippen LogP contribution in [0.25, 0.3) is 0 Å². The van der Waals surface area contributed by atoms with Crippen molar-refractivity contribution in [2.24, 2.45) is 5.73 Å². The molecule has 1 aliphatic rings. The van der Waals surface area contributed by atoms with Crippen molar-refractivity contribution >= 4 is 0 Å². The molecule has 0 saturated heterocycles. The Morgan fingerprint density at radius 2 is 2.19 bits per heavy atom. The Bertz CT molecular complexity index is 311. The average molecular weight is 221 g/mol. The van der Waals surface area contributed by atoms with E-state index in [1.807, 2.05) is 13.1 Å². The minimum atomic E-state index is 0.267. The molecule has 1 unspecified atom stereocenters. The van der Waals surface area contributed by atoms with E-state index < -0.39 is 0 Å². The standard InChI is InChI=1S/C13H23N3/c1-10(14)7-8-13-15-9-12(16-13)11-5-3-2-4-6-11/h9-11H,2-8,14H2,1H3,(H,15,16). The van der Waals surface area contributed by atoms with Crippen molar-refractivity contribution in [3.8, 4) is 0 Å².